The SMILES string of the molecule is CCOc1cc(Cn2c(=O)n(CC#N)c3cc(Cl)ccc32)ccc1OC. The Balaban J connectivity index is 2.10. The predicted molar refractivity (Wildman–Crippen MR) is 100 cm³/mol. The van der Waals surface area contributed by atoms with Crippen LogP contribution in [-0.2, 0) is 13.1 Å². The summed E-state index contributed by atoms with van der Waals surface area (Å²) in [6, 6.07) is 12.8. The lowest BCUT2D eigenvalue weighted by molar-refractivity contribution is 0.310. The number of rotatable bonds is 6. The number of halogens is 1. The van der Waals surface area contributed by atoms with E-state index in [1.54, 1.807) is 29.9 Å². The number of nitriles is 1. The number of aromatic nitrogens is 2. The number of benzene rings is 2. The second-order valence-corrected chi connectivity index (χ2v) is 6.10. The summed E-state index contributed by atoms with van der Waals surface area (Å²) in [4.78, 5) is 12.8. The van der Waals surface area contributed by atoms with Gasteiger partial charge in [-0.05, 0) is 42.8 Å². The van der Waals surface area contributed by atoms with Gasteiger partial charge in [-0.15, -0.1) is 0 Å². The van der Waals surface area contributed by atoms with Crippen molar-refractivity contribution in [2.75, 3.05) is 13.7 Å². The molecule has 0 radical (unpaired) electrons. The Morgan fingerprint density at radius 2 is 1.92 bits per heavy atom. The third-order valence-electron chi connectivity index (χ3n) is 4.08. The molecule has 3 rings (SSSR count). The maximum absolute atomic E-state index is 12.8. The van der Waals surface area contributed by atoms with Crippen molar-refractivity contribution in [2.24, 2.45) is 0 Å². The molecule has 0 fully saturated rings. The lowest BCUT2D eigenvalue weighted by Crippen LogP contribution is -2.24. The van der Waals surface area contributed by atoms with Gasteiger partial charge in [0.15, 0.2) is 11.5 Å². The Morgan fingerprint density at radius 1 is 1.12 bits per heavy atom. The van der Waals surface area contributed by atoms with Crippen LogP contribution in [0.2, 0.25) is 5.02 Å². The monoisotopic (exact) mass is 371 g/mol. The van der Waals surface area contributed by atoms with Gasteiger partial charge in [-0.2, -0.15) is 5.26 Å². The van der Waals surface area contributed by atoms with Crippen LogP contribution in [0.3, 0.4) is 0 Å². The fourth-order valence-electron chi connectivity index (χ4n) is 2.94. The Labute approximate surface area is 155 Å². The van der Waals surface area contributed by atoms with Crippen molar-refractivity contribution in [1.29, 1.82) is 5.26 Å². The van der Waals surface area contributed by atoms with Crippen LogP contribution < -0.4 is 15.2 Å². The largest absolute Gasteiger partial charge is 0.493 e. The zero-order chi connectivity index (χ0) is 18.7. The van der Waals surface area contributed by atoms with E-state index in [-0.39, 0.29) is 12.2 Å². The fourth-order valence-corrected chi connectivity index (χ4v) is 3.11. The summed E-state index contributed by atoms with van der Waals surface area (Å²) in [7, 11) is 1.58. The van der Waals surface area contributed by atoms with E-state index >= 15 is 0 Å². The Hall–Kier alpha value is -2.91. The highest BCUT2D eigenvalue weighted by Crippen LogP contribution is 2.29. The molecule has 0 saturated carbocycles. The maximum atomic E-state index is 12.8. The summed E-state index contributed by atoms with van der Waals surface area (Å²) in [6.45, 7) is 2.73. The van der Waals surface area contributed by atoms with Crippen LogP contribution in [0, 0.1) is 11.3 Å². The molecule has 26 heavy (non-hydrogen) atoms. The van der Waals surface area contributed by atoms with E-state index in [4.69, 9.17) is 26.3 Å². The first-order chi connectivity index (χ1) is 12.6. The molecule has 0 N–H and O–H groups in total. The van der Waals surface area contributed by atoms with Crippen molar-refractivity contribution in [3.05, 3.63) is 57.5 Å². The second kappa shape index (κ2) is 7.54. The standard InChI is InChI=1S/C19H18ClN3O3/c1-3-26-18-10-13(4-7-17(18)25-2)12-23-15-6-5-14(20)11-16(15)22(9-8-21)19(23)24/h4-7,10-11H,3,9,12H2,1-2H3. The molecule has 7 heteroatoms. The second-order valence-electron chi connectivity index (χ2n) is 5.66. The molecule has 134 valence electrons. The van der Waals surface area contributed by atoms with Gasteiger partial charge in [-0.25, -0.2) is 4.79 Å². The molecule has 0 saturated heterocycles. The van der Waals surface area contributed by atoms with Gasteiger partial charge in [0, 0.05) is 5.02 Å². The van der Waals surface area contributed by atoms with Gasteiger partial charge < -0.3 is 9.47 Å². The number of nitrogens with zero attached hydrogens (tertiary/aromatic N) is 3. The highest BCUT2D eigenvalue weighted by atomic mass is 35.5. The Bertz CT molecular complexity index is 1050. The fraction of sp³-hybridized carbons (Fsp3) is 0.263. The van der Waals surface area contributed by atoms with Gasteiger partial charge in [0.05, 0.1) is 37.4 Å². The molecule has 0 aliphatic carbocycles. The summed E-state index contributed by atoms with van der Waals surface area (Å²) < 4.78 is 14.0. The first-order valence-corrected chi connectivity index (χ1v) is 8.52. The summed E-state index contributed by atoms with van der Waals surface area (Å²) >= 11 is 6.06. The number of ether oxygens (including phenoxy) is 2. The number of methoxy groups -OCH3 is 1. The highest BCUT2D eigenvalue weighted by molar-refractivity contribution is 6.31. The first-order valence-electron chi connectivity index (χ1n) is 8.14. The van der Waals surface area contributed by atoms with E-state index in [1.807, 2.05) is 31.2 Å². The minimum Gasteiger partial charge on any atom is -0.493 e. The number of hydrogen-bond acceptors (Lipinski definition) is 4. The van der Waals surface area contributed by atoms with E-state index in [2.05, 4.69) is 0 Å². The van der Waals surface area contributed by atoms with Crippen molar-refractivity contribution in [1.82, 2.24) is 9.13 Å². The summed E-state index contributed by atoms with van der Waals surface area (Å²) in [6.07, 6.45) is 0. The molecule has 3 aromatic rings. The minimum absolute atomic E-state index is 0.0323. The van der Waals surface area contributed by atoms with Gasteiger partial charge in [0.1, 0.15) is 6.54 Å². The van der Waals surface area contributed by atoms with Gasteiger partial charge in [-0.1, -0.05) is 17.7 Å². The summed E-state index contributed by atoms with van der Waals surface area (Å²) in [5.41, 5.74) is 2.01. The molecular formula is C19H18ClN3O3. The number of imidazole rings is 1. The van der Waals surface area contributed by atoms with Crippen molar-refractivity contribution in [2.45, 2.75) is 20.0 Å². The molecule has 6 nitrogen and oxygen atoms in total. The molecule has 0 spiro atoms. The van der Waals surface area contributed by atoms with E-state index in [1.165, 1.54) is 4.57 Å². The van der Waals surface area contributed by atoms with Crippen molar-refractivity contribution in [3.8, 4) is 17.6 Å². The Morgan fingerprint density at radius 3 is 2.62 bits per heavy atom. The van der Waals surface area contributed by atoms with E-state index < -0.39 is 0 Å². The van der Waals surface area contributed by atoms with Crippen molar-refractivity contribution >= 4 is 22.6 Å². The third kappa shape index (κ3) is 3.26. The van der Waals surface area contributed by atoms with Crippen molar-refractivity contribution in [3.63, 3.8) is 0 Å². The zero-order valence-corrected chi connectivity index (χ0v) is 15.3. The van der Waals surface area contributed by atoms with Crippen LogP contribution in [0.15, 0.2) is 41.2 Å². The highest BCUT2D eigenvalue weighted by Gasteiger charge is 2.15. The molecule has 0 amide bonds. The number of fused-ring (bicyclic) bond motifs is 1. The van der Waals surface area contributed by atoms with Crippen LogP contribution in [0.4, 0.5) is 0 Å². The maximum Gasteiger partial charge on any atom is 0.330 e. The molecule has 0 unspecified atom stereocenters. The van der Waals surface area contributed by atoms with Crippen LogP contribution in [0.5, 0.6) is 11.5 Å². The third-order valence-corrected chi connectivity index (χ3v) is 4.31. The summed E-state index contributed by atoms with van der Waals surface area (Å²) in [5.74, 6) is 1.27. The molecule has 0 bridgehead atoms. The Kier molecular flexibility index (Phi) is 5.19. The van der Waals surface area contributed by atoms with Crippen LogP contribution in [0.1, 0.15) is 12.5 Å². The smallest absolute Gasteiger partial charge is 0.330 e. The topological polar surface area (TPSA) is 69.2 Å². The van der Waals surface area contributed by atoms with Crippen LogP contribution >= 0.6 is 11.6 Å². The molecule has 2 aromatic carbocycles. The molecular weight excluding hydrogens is 354 g/mol. The zero-order valence-electron chi connectivity index (χ0n) is 14.5. The van der Waals surface area contributed by atoms with Crippen LogP contribution in [0.25, 0.3) is 11.0 Å². The predicted octanol–water partition coefficient (Wildman–Crippen LogP) is 3.44. The molecule has 0 aliphatic heterocycles. The molecule has 0 aliphatic rings. The quantitative estimate of drug-likeness (QED) is 0.665. The molecule has 1 aromatic heterocycles. The molecule has 1 heterocycles. The van der Waals surface area contributed by atoms with E-state index in [9.17, 15) is 4.79 Å². The average Bonchev–Trinajstić information content (AvgIpc) is 2.88. The lowest BCUT2D eigenvalue weighted by Gasteiger charge is -2.11. The van der Waals surface area contributed by atoms with Crippen LogP contribution in [-0.4, -0.2) is 22.9 Å². The average molecular weight is 372 g/mol. The summed E-state index contributed by atoms with van der Waals surface area (Å²) in [5, 5.41) is 9.56. The van der Waals surface area contributed by atoms with E-state index in [0.717, 1.165) is 11.1 Å². The van der Waals surface area contributed by atoms with Gasteiger partial charge >= 0.3 is 5.69 Å². The number of hydrogen-bond donors (Lipinski definition) is 0. The molecule has 0 atom stereocenters. The van der Waals surface area contributed by atoms with Gasteiger partial charge in [0.2, 0.25) is 0 Å². The lowest BCUT2D eigenvalue weighted by atomic mass is 10.2. The van der Waals surface area contributed by atoms with Gasteiger partial charge in [-0.3, -0.25) is 9.13 Å². The van der Waals surface area contributed by atoms with E-state index in [0.29, 0.717) is 35.2 Å². The minimum atomic E-state index is -0.252. The first kappa shape index (κ1) is 17.9. The van der Waals surface area contributed by atoms with Gasteiger partial charge in [0.25, 0.3) is 0 Å². The van der Waals surface area contributed by atoms with Crippen molar-refractivity contribution < 1.29 is 9.47 Å². The normalized spacial score (nSPS) is 10.7.